The molecule has 1 atom stereocenters. The van der Waals surface area contributed by atoms with E-state index in [0.29, 0.717) is 0 Å². The number of aromatic nitrogens is 2. The smallest absolute Gasteiger partial charge is 0.255 e. The first-order chi connectivity index (χ1) is 6.13. The maximum Gasteiger partial charge on any atom is 0.255 e. The second kappa shape index (κ2) is 4.37. The van der Waals surface area contributed by atoms with Gasteiger partial charge in [0.05, 0.1) is 12.3 Å². The Labute approximate surface area is 80.9 Å². The van der Waals surface area contributed by atoms with Crippen LogP contribution in [0.15, 0.2) is 6.20 Å². The molecule has 0 aromatic carbocycles. The molecule has 0 aliphatic carbocycles. The van der Waals surface area contributed by atoms with E-state index < -0.39 is 5.82 Å². The fourth-order valence-electron chi connectivity index (χ4n) is 0.688. The molecular weight excluding hydrogens is 195 g/mol. The quantitative estimate of drug-likeness (QED) is 0.710. The number of hydrogen-bond donors (Lipinski definition) is 0. The van der Waals surface area contributed by atoms with Gasteiger partial charge in [-0.3, -0.25) is 0 Å². The Balaban J connectivity index is 2.81. The van der Waals surface area contributed by atoms with Crippen LogP contribution in [0.5, 0.6) is 5.88 Å². The number of halogens is 2. The third-order valence-corrected chi connectivity index (χ3v) is 1.75. The lowest BCUT2D eigenvalue weighted by atomic mass is 10.3. The van der Waals surface area contributed by atoms with Crippen LogP contribution in [-0.4, -0.2) is 16.1 Å². The first-order valence-electron chi connectivity index (χ1n) is 3.98. The van der Waals surface area contributed by atoms with Gasteiger partial charge in [-0.25, -0.2) is 4.98 Å². The summed E-state index contributed by atoms with van der Waals surface area (Å²) in [6.07, 6.45) is 1.69. The van der Waals surface area contributed by atoms with Gasteiger partial charge in [0.2, 0.25) is 11.1 Å². The molecule has 13 heavy (non-hydrogen) atoms. The Hall–Kier alpha value is -0.900. The predicted molar refractivity (Wildman–Crippen MR) is 47.4 cm³/mol. The van der Waals surface area contributed by atoms with Crippen LogP contribution in [-0.2, 0) is 0 Å². The van der Waals surface area contributed by atoms with Crippen LogP contribution in [0.1, 0.15) is 20.3 Å². The highest BCUT2D eigenvalue weighted by Crippen LogP contribution is 2.16. The third kappa shape index (κ3) is 2.81. The van der Waals surface area contributed by atoms with Gasteiger partial charge in [-0.2, -0.15) is 9.37 Å². The van der Waals surface area contributed by atoms with Crippen molar-refractivity contribution in [3.63, 3.8) is 0 Å². The second-order valence-electron chi connectivity index (χ2n) is 2.63. The van der Waals surface area contributed by atoms with E-state index in [4.69, 9.17) is 16.3 Å². The SMILES string of the molecule is CCC(C)Oc1nc(Cl)ncc1F. The zero-order valence-corrected chi connectivity index (χ0v) is 8.18. The van der Waals surface area contributed by atoms with Crippen molar-refractivity contribution in [3.05, 3.63) is 17.3 Å². The van der Waals surface area contributed by atoms with Crippen LogP contribution in [0.3, 0.4) is 0 Å². The molecule has 1 heterocycles. The molecule has 0 aliphatic rings. The van der Waals surface area contributed by atoms with E-state index in [1.807, 2.05) is 13.8 Å². The van der Waals surface area contributed by atoms with Crippen LogP contribution < -0.4 is 4.74 Å². The lowest BCUT2D eigenvalue weighted by Gasteiger charge is -2.11. The minimum Gasteiger partial charge on any atom is -0.472 e. The monoisotopic (exact) mass is 204 g/mol. The van der Waals surface area contributed by atoms with Gasteiger partial charge in [0.15, 0.2) is 0 Å². The van der Waals surface area contributed by atoms with Gasteiger partial charge in [-0.05, 0) is 24.9 Å². The summed E-state index contributed by atoms with van der Waals surface area (Å²) < 4.78 is 18.1. The second-order valence-corrected chi connectivity index (χ2v) is 2.97. The van der Waals surface area contributed by atoms with Crippen LogP contribution in [0.4, 0.5) is 4.39 Å². The summed E-state index contributed by atoms with van der Waals surface area (Å²) in [5.41, 5.74) is 0. The zero-order chi connectivity index (χ0) is 9.84. The van der Waals surface area contributed by atoms with E-state index in [-0.39, 0.29) is 17.3 Å². The first kappa shape index (κ1) is 10.2. The van der Waals surface area contributed by atoms with Gasteiger partial charge in [-0.1, -0.05) is 6.92 Å². The molecule has 5 heteroatoms. The fourth-order valence-corrected chi connectivity index (χ4v) is 0.813. The molecule has 0 fully saturated rings. The van der Waals surface area contributed by atoms with Crippen molar-refractivity contribution in [3.8, 4) is 5.88 Å². The van der Waals surface area contributed by atoms with Crippen LogP contribution in [0, 0.1) is 5.82 Å². The Kier molecular flexibility index (Phi) is 3.42. The molecule has 0 saturated heterocycles. The maximum atomic E-state index is 13.0. The van der Waals surface area contributed by atoms with Crippen molar-refractivity contribution in [2.75, 3.05) is 0 Å². The number of hydrogen-bond acceptors (Lipinski definition) is 3. The molecule has 0 radical (unpaired) electrons. The van der Waals surface area contributed by atoms with Crippen LogP contribution >= 0.6 is 11.6 Å². The fraction of sp³-hybridized carbons (Fsp3) is 0.500. The summed E-state index contributed by atoms with van der Waals surface area (Å²) in [4.78, 5) is 7.09. The number of nitrogens with zero attached hydrogens (tertiary/aromatic N) is 2. The Bertz CT molecular complexity index is 295. The molecule has 0 saturated carbocycles. The van der Waals surface area contributed by atoms with Gasteiger partial charge in [0.1, 0.15) is 0 Å². The minimum absolute atomic E-state index is 0.0142. The molecule has 0 N–H and O–H groups in total. The largest absolute Gasteiger partial charge is 0.472 e. The molecular formula is C8H10ClFN2O. The molecule has 3 nitrogen and oxygen atoms in total. The van der Waals surface area contributed by atoms with Crippen molar-refractivity contribution >= 4 is 11.6 Å². The van der Waals surface area contributed by atoms with E-state index in [0.717, 1.165) is 12.6 Å². The number of ether oxygens (including phenoxy) is 1. The molecule has 1 aromatic rings. The minimum atomic E-state index is -0.593. The van der Waals surface area contributed by atoms with Crippen molar-refractivity contribution in [1.82, 2.24) is 9.97 Å². The third-order valence-electron chi connectivity index (χ3n) is 1.57. The molecule has 0 bridgehead atoms. The van der Waals surface area contributed by atoms with Gasteiger partial charge in [-0.15, -0.1) is 0 Å². The van der Waals surface area contributed by atoms with Gasteiger partial charge < -0.3 is 4.74 Å². The molecule has 0 aliphatic heterocycles. The van der Waals surface area contributed by atoms with Crippen molar-refractivity contribution in [2.24, 2.45) is 0 Å². The molecule has 1 aromatic heterocycles. The summed E-state index contributed by atoms with van der Waals surface area (Å²) in [5.74, 6) is -0.681. The summed E-state index contributed by atoms with van der Waals surface area (Å²) in [5, 5.41) is -0.0142. The van der Waals surface area contributed by atoms with Crippen molar-refractivity contribution in [1.29, 1.82) is 0 Å². The summed E-state index contributed by atoms with van der Waals surface area (Å²) in [6.45, 7) is 3.76. The first-order valence-corrected chi connectivity index (χ1v) is 4.36. The maximum absolute atomic E-state index is 13.0. The molecule has 1 unspecified atom stereocenters. The average Bonchev–Trinajstić information content (AvgIpc) is 2.11. The van der Waals surface area contributed by atoms with Gasteiger partial charge in [0, 0.05) is 0 Å². The molecule has 72 valence electrons. The highest BCUT2D eigenvalue weighted by atomic mass is 35.5. The van der Waals surface area contributed by atoms with Gasteiger partial charge in [0.25, 0.3) is 5.88 Å². The average molecular weight is 205 g/mol. The van der Waals surface area contributed by atoms with E-state index in [1.165, 1.54) is 0 Å². The normalized spacial score (nSPS) is 12.6. The van der Waals surface area contributed by atoms with E-state index >= 15 is 0 Å². The van der Waals surface area contributed by atoms with Crippen LogP contribution in [0.25, 0.3) is 0 Å². The van der Waals surface area contributed by atoms with Gasteiger partial charge >= 0.3 is 0 Å². The zero-order valence-electron chi connectivity index (χ0n) is 7.42. The van der Waals surface area contributed by atoms with E-state index in [2.05, 4.69) is 9.97 Å². The van der Waals surface area contributed by atoms with E-state index in [1.54, 1.807) is 0 Å². The number of rotatable bonds is 3. The summed E-state index contributed by atoms with van der Waals surface area (Å²) >= 11 is 5.47. The lowest BCUT2D eigenvalue weighted by Crippen LogP contribution is -2.12. The highest BCUT2D eigenvalue weighted by molar-refractivity contribution is 6.28. The molecule has 0 amide bonds. The summed E-state index contributed by atoms with van der Waals surface area (Å²) in [6, 6.07) is 0. The van der Waals surface area contributed by atoms with Crippen LogP contribution in [0.2, 0.25) is 5.28 Å². The highest BCUT2D eigenvalue weighted by Gasteiger charge is 2.09. The van der Waals surface area contributed by atoms with Crippen molar-refractivity contribution < 1.29 is 9.13 Å². The predicted octanol–water partition coefficient (Wildman–Crippen LogP) is 2.45. The molecule has 0 spiro atoms. The lowest BCUT2D eigenvalue weighted by molar-refractivity contribution is 0.198. The molecule has 1 rings (SSSR count). The van der Waals surface area contributed by atoms with Crippen molar-refractivity contribution in [2.45, 2.75) is 26.4 Å². The van der Waals surface area contributed by atoms with E-state index in [9.17, 15) is 4.39 Å². The summed E-state index contributed by atoms with van der Waals surface area (Å²) in [7, 11) is 0. The Morgan fingerprint density at radius 3 is 3.00 bits per heavy atom. The Morgan fingerprint density at radius 1 is 1.69 bits per heavy atom. The topological polar surface area (TPSA) is 35.0 Å². The standard InChI is InChI=1S/C8H10ClFN2O/c1-3-5(2)13-7-6(10)4-11-8(9)12-7/h4-5H,3H2,1-2H3. The Morgan fingerprint density at radius 2 is 2.38 bits per heavy atom.